The molecule has 5 heteroatoms. The summed E-state index contributed by atoms with van der Waals surface area (Å²) >= 11 is 5.87. The van der Waals surface area contributed by atoms with Gasteiger partial charge in [0.1, 0.15) is 12.4 Å². The Bertz CT molecular complexity index is 947. The van der Waals surface area contributed by atoms with Crippen molar-refractivity contribution in [3.8, 4) is 16.9 Å². The summed E-state index contributed by atoms with van der Waals surface area (Å²) in [5, 5.41) is 0.662. The summed E-state index contributed by atoms with van der Waals surface area (Å²) in [6.45, 7) is 0.338. The Morgan fingerprint density at radius 2 is 1.63 bits per heavy atom. The number of aldehydes is 1. The average Bonchev–Trinajstić information content (AvgIpc) is 2.72. The zero-order valence-electron chi connectivity index (χ0n) is 14.6. The molecule has 0 radical (unpaired) electrons. The van der Waals surface area contributed by atoms with E-state index in [-0.39, 0.29) is 5.97 Å². The molecule has 0 saturated carbocycles. The highest BCUT2D eigenvalue weighted by molar-refractivity contribution is 6.30. The van der Waals surface area contributed by atoms with Gasteiger partial charge in [0.2, 0.25) is 0 Å². The van der Waals surface area contributed by atoms with Crippen LogP contribution in [0.5, 0.6) is 5.75 Å². The maximum absolute atomic E-state index is 11.5. The lowest BCUT2D eigenvalue weighted by atomic mass is 10.0. The van der Waals surface area contributed by atoms with Crippen molar-refractivity contribution in [3.63, 3.8) is 0 Å². The third kappa shape index (κ3) is 4.54. The van der Waals surface area contributed by atoms with Gasteiger partial charge in [-0.1, -0.05) is 41.9 Å². The predicted molar refractivity (Wildman–Crippen MR) is 104 cm³/mol. The standard InChI is InChI=1S/C22H17ClO4/c1-26-22(25)17-6-4-16(5-7-17)18-8-11-21(19(12-18)13-24)27-14-15-2-9-20(23)10-3-15/h2-13H,14H2,1H3. The molecule has 0 N–H and O–H groups in total. The molecule has 0 amide bonds. The van der Waals surface area contributed by atoms with E-state index in [2.05, 4.69) is 0 Å². The Balaban J connectivity index is 1.78. The number of esters is 1. The molecule has 3 aromatic carbocycles. The fourth-order valence-corrected chi connectivity index (χ4v) is 2.74. The minimum atomic E-state index is -0.388. The van der Waals surface area contributed by atoms with Crippen molar-refractivity contribution in [2.45, 2.75) is 6.61 Å². The van der Waals surface area contributed by atoms with E-state index in [0.717, 1.165) is 23.0 Å². The molecule has 0 atom stereocenters. The highest BCUT2D eigenvalue weighted by atomic mass is 35.5. The molecule has 0 unspecified atom stereocenters. The van der Waals surface area contributed by atoms with Gasteiger partial charge in [-0.25, -0.2) is 4.79 Å². The summed E-state index contributed by atoms with van der Waals surface area (Å²) in [4.78, 5) is 23.0. The lowest BCUT2D eigenvalue weighted by molar-refractivity contribution is 0.0600. The zero-order valence-corrected chi connectivity index (χ0v) is 15.4. The quantitative estimate of drug-likeness (QED) is 0.436. The van der Waals surface area contributed by atoms with Crippen LogP contribution in [-0.2, 0) is 11.3 Å². The molecular formula is C22H17ClO4. The first-order valence-corrected chi connectivity index (χ1v) is 8.63. The lowest BCUT2D eigenvalue weighted by Gasteiger charge is -2.11. The van der Waals surface area contributed by atoms with Gasteiger partial charge in [0.05, 0.1) is 18.2 Å². The summed E-state index contributed by atoms with van der Waals surface area (Å²) in [7, 11) is 1.34. The van der Waals surface area contributed by atoms with Crippen molar-refractivity contribution >= 4 is 23.9 Å². The predicted octanol–water partition coefficient (Wildman–Crippen LogP) is 5.19. The number of hydrogen-bond donors (Lipinski definition) is 0. The normalized spacial score (nSPS) is 10.3. The van der Waals surface area contributed by atoms with E-state index in [9.17, 15) is 9.59 Å². The van der Waals surface area contributed by atoms with Crippen LogP contribution in [0, 0.1) is 0 Å². The monoisotopic (exact) mass is 380 g/mol. The largest absolute Gasteiger partial charge is 0.488 e. The number of rotatable bonds is 6. The first kappa shape index (κ1) is 18.7. The number of ether oxygens (including phenoxy) is 2. The number of methoxy groups -OCH3 is 1. The Hall–Kier alpha value is -3.11. The second kappa shape index (κ2) is 8.52. The van der Waals surface area contributed by atoms with E-state index >= 15 is 0 Å². The molecule has 3 rings (SSSR count). The maximum atomic E-state index is 11.5. The average molecular weight is 381 g/mol. The molecule has 0 aromatic heterocycles. The minimum Gasteiger partial charge on any atom is -0.488 e. The van der Waals surface area contributed by atoms with Crippen molar-refractivity contribution in [2.24, 2.45) is 0 Å². The van der Waals surface area contributed by atoms with Gasteiger partial charge in [-0.3, -0.25) is 4.79 Å². The third-order valence-electron chi connectivity index (χ3n) is 4.08. The second-order valence-corrected chi connectivity index (χ2v) is 6.29. The molecule has 0 saturated heterocycles. The van der Waals surface area contributed by atoms with E-state index in [4.69, 9.17) is 21.1 Å². The molecule has 4 nitrogen and oxygen atoms in total. The van der Waals surface area contributed by atoms with Crippen molar-refractivity contribution in [1.29, 1.82) is 0 Å². The van der Waals surface area contributed by atoms with Gasteiger partial charge in [0.25, 0.3) is 0 Å². The number of carbonyl (C=O) groups excluding carboxylic acids is 2. The van der Waals surface area contributed by atoms with Gasteiger partial charge in [-0.2, -0.15) is 0 Å². The smallest absolute Gasteiger partial charge is 0.337 e. The minimum absolute atomic E-state index is 0.338. The van der Waals surface area contributed by atoms with Crippen LogP contribution in [0.3, 0.4) is 0 Å². The third-order valence-corrected chi connectivity index (χ3v) is 4.34. The Morgan fingerprint density at radius 3 is 2.26 bits per heavy atom. The van der Waals surface area contributed by atoms with Gasteiger partial charge < -0.3 is 9.47 Å². The van der Waals surface area contributed by atoms with E-state index in [1.54, 1.807) is 36.4 Å². The van der Waals surface area contributed by atoms with Crippen LogP contribution in [0.15, 0.2) is 66.7 Å². The zero-order chi connectivity index (χ0) is 19.2. The molecule has 0 heterocycles. The molecule has 0 fully saturated rings. The molecule has 0 bridgehead atoms. The van der Waals surface area contributed by atoms with Crippen LogP contribution in [0.25, 0.3) is 11.1 Å². The highest BCUT2D eigenvalue weighted by Gasteiger charge is 2.09. The Labute approximate surface area is 162 Å². The van der Waals surface area contributed by atoms with Crippen LogP contribution < -0.4 is 4.74 Å². The number of carbonyl (C=O) groups is 2. The van der Waals surface area contributed by atoms with Crippen LogP contribution in [0.2, 0.25) is 5.02 Å². The fraction of sp³-hybridized carbons (Fsp3) is 0.0909. The number of benzene rings is 3. The first-order valence-electron chi connectivity index (χ1n) is 8.26. The topological polar surface area (TPSA) is 52.6 Å². The van der Waals surface area contributed by atoms with Crippen molar-refractivity contribution in [3.05, 3.63) is 88.4 Å². The van der Waals surface area contributed by atoms with Gasteiger partial charge in [0.15, 0.2) is 6.29 Å². The van der Waals surface area contributed by atoms with Gasteiger partial charge >= 0.3 is 5.97 Å². The van der Waals surface area contributed by atoms with Gasteiger partial charge in [-0.15, -0.1) is 0 Å². The summed E-state index contributed by atoms with van der Waals surface area (Å²) in [6, 6.07) is 19.7. The molecule has 0 aliphatic carbocycles. The van der Waals surface area contributed by atoms with Gasteiger partial charge in [0, 0.05) is 5.02 Å². The van der Waals surface area contributed by atoms with Crippen LogP contribution in [-0.4, -0.2) is 19.4 Å². The van der Waals surface area contributed by atoms with Crippen molar-refractivity contribution in [2.75, 3.05) is 7.11 Å². The molecule has 3 aromatic rings. The van der Waals surface area contributed by atoms with Crippen LogP contribution in [0.4, 0.5) is 0 Å². The van der Waals surface area contributed by atoms with E-state index in [0.29, 0.717) is 28.5 Å². The first-order chi connectivity index (χ1) is 13.1. The molecule has 136 valence electrons. The second-order valence-electron chi connectivity index (χ2n) is 5.85. The highest BCUT2D eigenvalue weighted by Crippen LogP contribution is 2.27. The molecular weight excluding hydrogens is 364 g/mol. The van der Waals surface area contributed by atoms with Crippen molar-refractivity contribution < 1.29 is 19.1 Å². The lowest BCUT2D eigenvalue weighted by Crippen LogP contribution is -2.00. The number of halogens is 1. The summed E-state index contributed by atoms with van der Waals surface area (Å²) in [6.07, 6.45) is 0.767. The van der Waals surface area contributed by atoms with E-state index in [1.807, 2.05) is 30.3 Å². The number of hydrogen-bond acceptors (Lipinski definition) is 4. The van der Waals surface area contributed by atoms with Crippen molar-refractivity contribution in [1.82, 2.24) is 0 Å². The molecule has 0 aliphatic rings. The summed E-state index contributed by atoms with van der Waals surface area (Å²) in [5.41, 5.74) is 3.62. The molecule has 27 heavy (non-hydrogen) atoms. The van der Waals surface area contributed by atoms with E-state index < -0.39 is 0 Å². The maximum Gasteiger partial charge on any atom is 0.337 e. The van der Waals surface area contributed by atoms with Crippen LogP contribution >= 0.6 is 11.6 Å². The Kier molecular flexibility index (Phi) is 5.89. The molecule has 0 spiro atoms. The summed E-state index contributed by atoms with van der Waals surface area (Å²) in [5.74, 6) is 0.121. The SMILES string of the molecule is COC(=O)c1ccc(-c2ccc(OCc3ccc(Cl)cc3)c(C=O)c2)cc1. The molecule has 0 aliphatic heterocycles. The fourth-order valence-electron chi connectivity index (χ4n) is 2.61. The Morgan fingerprint density at radius 1 is 0.963 bits per heavy atom. The van der Waals surface area contributed by atoms with Gasteiger partial charge in [-0.05, 0) is 53.1 Å². The van der Waals surface area contributed by atoms with E-state index in [1.165, 1.54) is 7.11 Å². The van der Waals surface area contributed by atoms with Crippen LogP contribution in [0.1, 0.15) is 26.3 Å². The summed E-state index contributed by atoms with van der Waals surface area (Å²) < 4.78 is 10.5.